The molecule has 0 aliphatic rings. The summed E-state index contributed by atoms with van der Waals surface area (Å²) in [5.41, 5.74) is -1.20. The van der Waals surface area contributed by atoms with Crippen LogP contribution in [-0.4, -0.2) is 63.9 Å². The number of hydrogen-bond donors (Lipinski definition) is 9. The molecule has 0 heterocycles. The fourth-order valence-electron chi connectivity index (χ4n) is 2.17. The van der Waals surface area contributed by atoms with Gasteiger partial charge in [0.25, 0.3) is 0 Å². The van der Waals surface area contributed by atoms with Crippen LogP contribution in [0.2, 0.25) is 0 Å². The van der Waals surface area contributed by atoms with Crippen molar-refractivity contribution in [2.45, 2.75) is 0 Å². The van der Waals surface area contributed by atoms with Crippen LogP contribution in [0, 0.1) is 0 Å². The van der Waals surface area contributed by atoms with Gasteiger partial charge in [0, 0.05) is 16.7 Å². The zero-order valence-corrected chi connectivity index (χ0v) is 20.9. The molecule has 0 aromatic heterocycles. The van der Waals surface area contributed by atoms with Crippen molar-refractivity contribution >= 4 is 17.9 Å². The molecule has 192 valence electrons. The Labute approximate surface area is 230 Å². The molecule has 3 aromatic carbocycles. The maximum atomic E-state index is 10.2. The van der Waals surface area contributed by atoms with E-state index < -0.39 is 86.3 Å². The summed E-state index contributed by atoms with van der Waals surface area (Å²) in [6, 6.07) is 4.69. The molecule has 9 N–H and O–H groups in total. The maximum absolute atomic E-state index is 10.2. The van der Waals surface area contributed by atoms with Gasteiger partial charge in [0.1, 0.15) is 0 Å². The average Bonchev–Trinajstić information content (AvgIpc) is 2.79. The normalized spacial score (nSPS) is 9.41. The molecule has 0 radical (unpaired) electrons. The van der Waals surface area contributed by atoms with Crippen LogP contribution in [0.15, 0.2) is 36.4 Å². The number of aromatic carboxylic acids is 3. The maximum Gasteiger partial charge on any atom is 3.00 e. The molecule has 15 nitrogen and oxygen atoms in total. The summed E-state index contributed by atoms with van der Waals surface area (Å²) in [5, 5.41) is 110. The third-order valence-electron chi connectivity index (χ3n) is 3.92. The molecular weight excluding hydrogens is 581 g/mol. The topological polar surface area (TPSA) is 302 Å². The number of benzene rings is 3. The van der Waals surface area contributed by atoms with Gasteiger partial charge in [0.2, 0.25) is 0 Å². The Kier molecular flexibility index (Phi) is 11.8. The Morgan fingerprint density at radius 3 is 0.649 bits per heavy atom. The van der Waals surface area contributed by atoms with Crippen molar-refractivity contribution in [3.8, 4) is 51.7 Å². The van der Waals surface area contributed by atoms with Gasteiger partial charge in [0.15, 0.2) is 51.7 Å². The summed E-state index contributed by atoms with van der Waals surface area (Å²) in [6.45, 7) is 0. The van der Waals surface area contributed by atoms with Crippen molar-refractivity contribution in [1.82, 2.24) is 0 Å². The molecule has 16 heteroatoms. The number of carboxylic acids is 3. The first kappa shape index (κ1) is 32.4. The van der Waals surface area contributed by atoms with Crippen molar-refractivity contribution in [2.75, 3.05) is 0 Å². The van der Waals surface area contributed by atoms with Crippen LogP contribution in [0.25, 0.3) is 0 Å². The predicted octanol–water partition coefficient (Wildman–Crippen LogP) is -2.50. The second kappa shape index (κ2) is 13.5. The Hall–Kier alpha value is -4.63. The van der Waals surface area contributed by atoms with Crippen molar-refractivity contribution in [3.05, 3.63) is 53.1 Å². The smallest absolute Gasteiger partial charge is 0.545 e. The first-order valence-corrected chi connectivity index (χ1v) is 8.95. The van der Waals surface area contributed by atoms with Crippen LogP contribution in [-0.2, 0) is 32.7 Å². The Bertz CT molecular complexity index is 1090. The summed E-state index contributed by atoms with van der Waals surface area (Å²) in [4.78, 5) is 30.6. The van der Waals surface area contributed by atoms with Gasteiger partial charge < -0.3 is 75.7 Å². The van der Waals surface area contributed by atoms with Crippen molar-refractivity contribution in [1.29, 1.82) is 0 Å². The van der Waals surface area contributed by atoms with E-state index in [-0.39, 0.29) is 32.7 Å². The molecule has 0 spiro atoms. The monoisotopic (exact) mass is 596 g/mol. The first-order chi connectivity index (χ1) is 16.6. The molecule has 3 rings (SSSR count). The van der Waals surface area contributed by atoms with Crippen LogP contribution in [0.5, 0.6) is 51.7 Å². The summed E-state index contributed by atoms with van der Waals surface area (Å²) < 4.78 is 0. The number of carbonyl (C=O) groups is 3. The molecule has 0 saturated carbocycles. The number of carbonyl (C=O) groups excluding carboxylic acids is 3. The van der Waals surface area contributed by atoms with E-state index in [1.165, 1.54) is 0 Å². The van der Waals surface area contributed by atoms with E-state index in [2.05, 4.69) is 0 Å². The molecular formula is C21H15O15Y. The molecule has 37 heavy (non-hydrogen) atoms. The van der Waals surface area contributed by atoms with Crippen molar-refractivity contribution in [3.63, 3.8) is 0 Å². The molecule has 0 aliphatic carbocycles. The van der Waals surface area contributed by atoms with Crippen LogP contribution in [0.3, 0.4) is 0 Å². The molecule has 0 atom stereocenters. The van der Waals surface area contributed by atoms with Crippen LogP contribution < -0.4 is 15.3 Å². The fraction of sp³-hybridized carbons (Fsp3) is 0. The molecule has 0 amide bonds. The van der Waals surface area contributed by atoms with Gasteiger partial charge in [-0.25, -0.2) is 0 Å². The third kappa shape index (κ3) is 8.83. The number of phenolic OH excluding ortho intramolecular Hbond substituents is 9. The van der Waals surface area contributed by atoms with E-state index in [1.807, 2.05) is 0 Å². The Morgan fingerprint density at radius 2 is 0.541 bits per heavy atom. The minimum atomic E-state index is -1.54. The van der Waals surface area contributed by atoms with E-state index in [0.29, 0.717) is 0 Å². The molecule has 3 aromatic rings. The quantitative estimate of drug-likeness (QED) is 0.141. The van der Waals surface area contributed by atoms with Gasteiger partial charge in [-0.3, -0.25) is 0 Å². The summed E-state index contributed by atoms with van der Waals surface area (Å²) >= 11 is 0. The number of hydrogen-bond acceptors (Lipinski definition) is 15. The SMILES string of the molecule is O=C([O-])c1cc(O)c(O)c(O)c1.O=C([O-])c1cc(O)c(O)c(O)c1.O=C([O-])c1cc(O)c(O)c(O)c1.[Y+3]. The van der Waals surface area contributed by atoms with E-state index >= 15 is 0 Å². The summed E-state index contributed by atoms with van der Waals surface area (Å²) in [7, 11) is 0. The minimum absolute atomic E-state index is 0. The van der Waals surface area contributed by atoms with E-state index in [0.717, 1.165) is 36.4 Å². The molecule has 0 saturated heterocycles. The van der Waals surface area contributed by atoms with Crippen LogP contribution in [0.4, 0.5) is 0 Å². The molecule has 0 aliphatic heterocycles. The van der Waals surface area contributed by atoms with E-state index in [4.69, 9.17) is 46.0 Å². The molecule has 0 fully saturated rings. The average molecular weight is 596 g/mol. The largest absolute Gasteiger partial charge is 3.00 e. The van der Waals surface area contributed by atoms with Crippen LogP contribution in [0.1, 0.15) is 31.1 Å². The zero-order chi connectivity index (χ0) is 27.9. The van der Waals surface area contributed by atoms with Crippen molar-refractivity contribution in [2.24, 2.45) is 0 Å². The zero-order valence-electron chi connectivity index (χ0n) is 18.0. The standard InChI is InChI=1S/3C7H6O5.Y/c3*8-4-1-3(7(11)12)2-5(9)6(4)10;/h3*1-2,8-10H,(H,11,12);/q;;;+3/p-3. The Morgan fingerprint density at radius 1 is 0.405 bits per heavy atom. The predicted molar refractivity (Wildman–Crippen MR) is 107 cm³/mol. The number of rotatable bonds is 3. The van der Waals surface area contributed by atoms with Gasteiger partial charge in [-0.15, -0.1) is 0 Å². The number of phenols is 9. The van der Waals surface area contributed by atoms with E-state index in [1.54, 1.807) is 0 Å². The van der Waals surface area contributed by atoms with Crippen LogP contribution >= 0.6 is 0 Å². The number of carboxylic acid groups (broad SMARTS) is 3. The summed E-state index contributed by atoms with van der Waals surface area (Å²) in [5.74, 6) is -11.1. The minimum Gasteiger partial charge on any atom is -0.545 e. The van der Waals surface area contributed by atoms with Gasteiger partial charge in [-0.2, -0.15) is 0 Å². The fourth-order valence-corrected chi connectivity index (χ4v) is 2.17. The first-order valence-electron chi connectivity index (χ1n) is 8.95. The summed E-state index contributed by atoms with van der Waals surface area (Å²) in [6.07, 6.45) is 0. The molecule has 0 unspecified atom stereocenters. The second-order valence-corrected chi connectivity index (χ2v) is 6.45. The van der Waals surface area contributed by atoms with Gasteiger partial charge in [-0.05, 0) is 36.4 Å². The van der Waals surface area contributed by atoms with Gasteiger partial charge >= 0.3 is 32.7 Å². The van der Waals surface area contributed by atoms with Gasteiger partial charge in [0.05, 0.1) is 17.9 Å². The second-order valence-electron chi connectivity index (χ2n) is 6.45. The number of aromatic hydroxyl groups is 9. The van der Waals surface area contributed by atoms with Crippen molar-refractivity contribution < 1.29 is 108 Å². The van der Waals surface area contributed by atoms with E-state index in [9.17, 15) is 29.7 Å². The molecule has 0 bridgehead atoms. The Balaban J connectivity index is 0.000000518. The van der Waals surface area contributed by atoms with Gasteiger partial charge in [-0.1, -0.05) is 0 Å². The third-order valence-corrected chi connectivity index (χ3v) is 3.92.